The molecule has 0 aliphatic carbocycles. The van der Waals surface area contributed by atoms with Gasteiger partial charge in [-0.2, -0.15) is 11.3 Å². The van der Waals surface area contributed by atoms with Crippen molar-refractivity contribution in [2.45, 2.75) is 0 Å². The van der Waals surface area contributed by atoms with E-state index in [1.165, 1.54) is 17.7 Å². The first-order valence-electron chi connectivity index (χ1n) is 7.70. The third-order valence-corrected chi connectivity index (χ3v) is 4.20. The number of hydrogen-bond donors (Lipinski definition) is 1. The van der Waals surface area contributed by atoms with E-state index in [-0.39, 0.29) is 5.91 Å². The largest absolute Gasteiger partial charge is 0.439 e. The summed E-state index contributed by atoms with van der Waals surface area (Å²) in [5.74, 6) is 1.54. The molecule has 26 heavy (non-hydrogen) atoms. The van der Waals surface area contributed by atoms with Gasteiger partial charge < -0.3 is 10.1 Å². The minimum absolute atomic E-state index is 0.138. The highest BCUT2D eigenvalue weighted by Crippen LogP contribution is 2.22. The number of hydrogen-bond acceptors (Lipinski definition) is 6. The van der Waals surface area contributed by atoms with Crippen LogP contribution in [0.1, 0.15) is 10.4 Å². The van der Waals surface area contributed by atoms with E-state index in [1.807, 2.05) is 5.38 Å². The van der Waals surface area contributed by atoms with Crippen LogP contribution in [-0.4, -0.2) is 25.4 Å². The zero-order valence-corrected chi connectivity index (χ0v) is 14.3. The van der Waals surface area contributed by atoms with Crippen molar-refractivity contribution < 1.29 is 9.53 Å². The van der Waals surface area contributed by atoms with Crippen LogP contribution in [0.25, 0.3) is 5.82 Å². The summed E-state index contributed by atoms with van der Waals surface area (Å²) in [6, 6.07) is 10.6. The van der Waals surface area contributed by atoms with Crippen molar-refractivity contribution in [1.82, 2.24) is 19.5 Å². The molecule has 0 unspecified atom stereocenters. The maximum atomic E-state index is 12.0. The lowest BCUT2D eigenvalue weighted by molar-refractivity contribution is 0.102. The van der Waals surface area contributed by atoms with Gasteiger partial charge in [0, 0.05) is 29.5 Å². The van der Waals surface area contributed by atoms with Crippen LogP contribution < -0.4 is 10.1 Å². The smallest absolute Gasteiger partial charge is 0.256 e. The number of anilines is 1. The normalized spacial score (nSPS) is 10.5. The van der Waals surface area contributed by atoms with Crippen LogP contribution in [-0.2, 0) is 0 Å². The number of aromatic nitrogens is 4. The Kier molecular flexibility index (Phi) is 4.40. The second-order valence-corrected chi connectivity index (χ2v) is 6.06. The summed E-state index contributed by atoms with van der Waals surface area (Å²) in [5.41, 5.74) is 1.33. The molecule has 0 aliphatic heterocycles. The van der Waals surface area contributed by atoms with E-state index in [0.717, 1.165) is 0 Å². The minimum atomic E-state index is -0.138. The highest BCUT2D eigenvalue weighted by molar-refractivity contribution is 7.08. The summed E-state index contributed by atoms with van der Waals surface area (Å²) < 4.78 is 7.51. The molecule has 7 nitrogen and oxygen atoms in total. The van der Waals surface area contributed by atoms with E-state index in [1.54, 1.807) is 65.1 Å². The Morgan fingerprint density at radius 1 is 1.15 bits per heavy atom. The van der Waals surface area contributed by atoms with Crippen LogP contribution in [0, 0.1) is 0 Å². The third kappa shape index (κ3) is 3.60. The van der Waals surface area contributed by atoms with E-state index >= 15 is 0 Å². The van der Waals surface area contributed by atoms with Crippen LogP contribution in [0.2, 0.25) is 0 Å². The molecule has 0 atom stereocenters. The Hall–Kier alpha value is -3.52. The molecule has 8 heteroatoms. The summed E-state index contributed by atoms with van der Waals surface area (Å²) in [6.07, 6.45) is 6.54. The van der Waals surface area contributed by atoms with Crippen molar-refractivity contribution in [3.63, 3.8) is 0 Å². The number of imidazole rings is 1. The molecular formula is C18H13N5O2S. The van der Waals surface area contributed by atoms with Crippen molar-refractivity contribution in [2.75, 3.05) is 5.32 Å². The highest BCUT2D eigenvalue weighted by Gasteiger charge is 2.07. The molecule has 0 radical (unpaired) electrons. The maximum absolute atomic E-state index is 12.0. The number of nitrogens with one attached hydrogen (secondary N) is 1. The number of rotatable bonds is 5. The molecule has 4 rings (SSSR count). The average molecular weight is 363 g/mol. The SMILES string of the molecule is O=C(Nc1ccc(Oc2cc(-n3ccnc3)ncn2)cc1)c1ccsc1. The number of thiophene rings is 1. The van der Waals surface area contributed by atoms with Crippen LogP contribution in [0.15, 0.2) is 72.2 Å². The maximum Gasteiger partial charge on any atom is 0.256 e. The Labute approximate surface area is 153 Å². The molecule has 0 spiro atoms. The average Bonchev–Trinajstić information content (AvgIpc) is 3.38. The predicted octanol–water partition coefficient (Wildman–Crippen LogP) is 3.77. The van der Waals surface area contributed by atoms with Gasteiger partial charge in [-0.1, -0.05) is 0 Å². The number of carbonyl (C=O) groups excluding carboxylic acids is 1. The second kappa shape index (κ2) is 7.16. The quantitative estimate of drug-likeness (QED) is 0.584. The fraction of sp³-hybridized carbons (Fsp3) is 0. The number of nitrogens with zero attached hydrogens (tertiary/aromatic N) is 4. The van der Waals surface area contributed by atoms with Crippen molar-refractivity contribution in [1.29, 1.82) is 0 Å². The van der Waals surface area contributed by atoms with Crippen molar-refractivity contribution in [3.8, 4) is 17.4 Å². The van der Waals surface area contributed by atoms with Gasteiger partial charge in [0.1, 0.15) is 24.2 Å². The summed E-state index contributed by atoms with van der Waals surface area (Å²) >= 11 is 1.48. The first kappa shape index (κ1) is 16.0. The molecule has 3 aromatic heterocycles. The highest BCUT2D eigenvalue weighted by atomic mass is 32.1. The topological polar surface area (TPSA) is 81.9 Å². The van der Waals surface area contributed by atoms with Gasteiger partial charge in [-0.3, -0.25) is 9.36 Å². The summed E-state index contributed by atoms with van der Waals surface area (Å²) in [6.45, 7) is 0. The molecule has 1 N–H and O–H groups in total. The Bertz CT molecular complexity index is 999. The van der Waals surface area contributed by atoms with Gasteiger partial charge in [0.2, 0.25) is 5.88 Å². The molecule has 4 aromatic rings. The van der Waals surface area contributed by atoms with Gasteiger partial charge in [0.25, 0.3) is 5.91 Å². The van der Waals surface area contributed by atoms with Gasteiger partial charge >= 0.3 is 0 Å². The van der Waals surface area contributed by atoms with E-state index in [0.29, 0.717) is 28.7 Å². The van der Waals surface area contributed by atoms with Crippen molar-refractivity contribution in [3.05, 3.63) is 77.8 Å². The first-order chi connectivity index (χ1) is 12.8. The fourth-order valence-electron chi connectivity index (χ4n) is 2.25. The Balaban J connectivity index is 1.44. The Morgan fingerprint density at radius 3 is 2.77 bits per heavy atom. The van der Waals surface area contributed by atoms with Gasteiger partial charge in [-0.25, -0.2) is 15.0 Å². The van der Waals surface area contributed by atoms with Crippen LogP contribution in [0.3, 0.4) is 0 Å². The molecule has 128 valence electrons. The molecule has 0 bridgehead atoms. The van der Waals surface area contributed by atoms with Gasteiger partial charge in [-0.15, -0.1) is 0 Å². The number of amides is 1. The fourth-order valence-corrected chi connectivity index (χ4v) is 2.88. The summed E-state index contributed by atoms with van der Waals surface area (Å²) in [7, 11) is 0. The van der Waals surface area contributed by atoms with E-state index < -0.39 is 0 Å². The first-order valence-corrected chi connectivity index (χ1v) is 8.64. The lowest BCUT2D eigenvalue weighted by Gasteiger charge is -2.08. The lowest BCUT2D eigenvalue weighted by atomic mass is 10.2. The molecule has 0 saturated heterocycles. The molecule has 0 saturated carbocycles. The number of benzene rings is 1. The zero-order chi connectivity index (χ0) is 17.8. The Morgan fingerprint density at radius 2 is 2.04 bits per heavy atom. The minimum Gasteiger partial charge on any atom is -0.439 e. The molecule has 1 aromatic carbocycles. The summed E-state index contributed by atoms with van der Waals surface area (Å²) in [4.78, 5) is 24.3. The van der Waals surface area contributed by atoms with E-state index in [2.05, 4.69) is 20.3 Å². The molecule has 3 heterocycles. The van der Waals surface area contributed by atoms with Gasteiger partial charge in [-0.05, 0) is 35.7 Å². The monoisotopic (exact) mass is 363 g/mol. The van der Waals surface area contributed by atoms with Gasteiger partial charge in [0.05, 0.1) is 5.56 Å². The van der Waals surface area contributed by atoms with Crippen molar-refractivity contribution >= 4 is 22.9 Å². The second-order valence-electron chi connectivity index (χ2n) is 5.28. The third-order valence-electron chi connectivity index (χ3n) is 3.51. The summed E-state index contributed by atoms with van der Waals surface area (Å²) in [5, 5.41) is 6.51. The molecular weight excluding hydrogens is 350 g/mol. The molecule has 1 amide bonds. The lowest BCUT2D eigenvalue weighted by Crippen LogP contribution is -2.10. The molecule has 0 aliphatic rings. The van der Waals surface area contributed by atoms with E-state index in [9.17, 15) is 4.79 Å². The zero-order valence-electron chi connectivity index (χ0n) is 13.4. The number of carbonyl (C=O) groups is 1. The standard InChI is InChI=1S/C18H13N5O2S/c24-18(13-5-8-26-10-13)22-14-1-3-15(4-2-14)25-17-9-16(20-11-21-17)23-7-6-19-12-23/h1-12H,(H,22,24). The molecule has 0 fully saturated rings. The van der Waals surface area contributed by atoms with Crippen LogP contribution >= 0.6 is 11.3 Å². The van der Waals surface area contributed by atoms with Crippen LogP contribution in [0.5, 0.6) is 11.6 Å². The van der Waals surface area contributed by atoms with Crippen LogP contribution in [0.4, 0.5) is 5.69 Å². The number of ether oxygens (including phenoxy) is 1. The van der Waals surface area contributed by atoms with Gasteiger partial charge in [0.15, 0.2) is 0 Å². The van der Waals surface area contributed by atoms with E-state index in [4.69, 9.17) is 4.74 Å². The predicted molar refractivity (Wildman–Crippen MR) is 97.9 cm³/mol. The van der Waals surface area contributed by atoms with Crippen molar-refractivity contribution in [2.24, 2.45) is 0 Å².